The van der Waals surface area contributed by atoms with Gasteiger partial charge in [-0.25, -0.2) is 0 Å². The first-order valence-corrected chi connectivity index (χ1v) is 5.00. The van der Waals surface area contributed by atoms with Gasteiger partial charge in [0, 0.05) is 0 Å². The van der Waals surface area contributed by atoms with Crippen LogP contribution in [0.5, 0.6) is 0 Å². The molecule has 0 heterocycles. The SMILES string of the molecule is [CH2-]C.[CH2-]C(CC)CN(CC)CC.[Mg+2]. The van der Waals surface area contributed by atoms with Crippen molar-refractivity contribution in [2.24, 2.45) is 5.92 Å². The van der Waals surface area contributed by atoms with Gasteiger partial charge in [0.05, 0.1) is 0 Å². The molecule has 0 aliphatic carbocycles. The topological polar surface area (TPSA) is 3.24 Å². The van der Waals surface area contributed by atoms with Crippen molar-refractivity contribution in [3.05, 3.63) is 13.8 Å². The fraction of sp³-hybridized carbons (Fsp3) is 0.818. The van der Waals surface area contributed by atoms with Gasteiger partial charge in [0.1, 0.15) is 0 Å². The van der Waals surface area contributed by atoms with Crippen LogP contribution in [0.1, 0.15) is 34.1 Å². The van der Waals surface area contributed by atoms with Crippen molar-refractivity contribution < 1.29 is 0 Å². The molecule has 0 aromatic heterocycles. The number of rotatable bonds is 5. The molecule has 0 radical (unpaired) electrons. The van der Waals surface area contributed by atoms with Gasteiger partial charge in [0.2, 0.25) is 0 Å². The van der Waals surface area contributed by atoms with E-state index in [0.29, 0.717) is 5.92 Å². The minimum atomic E-state index is 0. The average molecular weight is 196 g/mol. The molecule has 0 rings (SSSR count). The van der Waals surface area contributed by atoms with Crippen LogP contribution in [0.15, 0.2) is 0 Å². The minimum Gasteiger partial charge on any atom is -0.346 e. The molecule has 0 amide bonds. The summed E-state index contributed by atoms with van der Waals surface area (Å²) in [6.45, 7) is 19.1. The van der Waals surface area contributed by atoms with Crippen LogP contribution in [0.3, 0.4) is 0 Å². The van der Waals surface area contributed by atoms with E-state index in [-0.39, 0.29) is 23.1 Å². The fourth-order valence-corrected chi connectivity index (χ4v) is 0.976. The van der Waals surface area contributed by atoms with E-state index in [1.165, 1.54) is 6.42 Å². The van der Waals surface area contributed by atoms with Crippen molar-refractivity contribution in [2.75, 3.05) is 19.6 Å². The van der Waals surface area contributed by atoms with Crippen molar-refractivity contribution in [1.29, 1.82) is 0 Å². The molecule has 0 N–H and O–H groups in total. The molecule has 0 saturated carbocycles. The molecule has 1 unspecified atom stereocenters. The molecule has 13 heavy (non-hydrogen) atoms. The van der Waals surface area contributed by atoms with E-state index in [1.807, 2.05) is 0 Å². The van der Waals surface area contributed by atoms with E-state index >= 15 is 0 Å². The Bertz CT molecular complexity index is 72.5. The first-order valence-electron chi connectivity index (χ1n) is 5.00. The second kappa shape index (κ2) is 15.2. The Hall–Kier alpha value is 0.726. The summed E-state index contributed by atoms with van der Waals surface area (Å²) >= 11 is 0. The Morgan fingerprint density at radius 3 is 1.69 bits per heavy atom. The van der Waals surface area contributed by atoms with Crippen LogP contribution >= 0.6 is 0 Å². The van der Waals surface area contributed by atoms with Crippen molar-refractivity contribution in [3.63, 3.8) is 0 Å². The van der Waals surface area contributed by atoms with Gasteiger partial charge < -0.3 is 18.7 Å². The molecular weight excluding hydrogens is 170 g/mol. The molecule has 0 bridgehead atoms. The van der Waals surface area contributed by atoms with Crippen molar-refractivity contribution in [1.82, 2.24) is 4.90 Å². The summed E-state index contributed by atoms with van der Waals surface area (Å²) in [5.74, 6) is 0.611. The average Bonchev–Trinajstić information content (AvgIpc) is 2.16. The maximum Gasteiger partial charge on any atom is 2.00 e. The first kappa shape index (κ1) is 19.3. The van der Waals surface area contributed by atoms with E-state index in [2.05, 4.69) is 39.5 Å². The summed E-state index contributed by atoms with van der Waals surface area (Å²) < 4.78 is 0. The third-order valence-corrected chi connectivity index (χ3v) is 1.99. The van der Waals surface area contributed by atoms with E-state index in [1.54, 1.807) is 6.92 Å². The number of nitrogens with zero attached hydrogens (tertiary/aromatic N) is 1. The molecule has 0 aromatic rings. The third kappa shape index (κ3) is 12.7. The Morgan fingerprint density at radius 2 is 1.46 bits per heavy atom. The Labute approximate surface area is 101 Å². The second-order valence-corrected chi connectivity index (χ2v) is 2.76. The first-order chi connectivity index (χ1) is 5.74. The van der Waals surface area contributed by atoms with Crippen LogP contribution in [-0.4, -0.2) is 47.6 Å². The Kier molecular flexibility index (Phi) is 22.6. The van der Waals surface area contributed by atoms with Crippen molar-refractivity contribution >= 4 is 23.1 Å². The van der Waals surface area contributed by atoms with Crippen molar-refractivity contribution in [3.8, 4) is 0 Å². The molecule has 76 valence electrons. The zero-order chi connectivity index (χ0) is 9.98. The quantitative estimate of drug-likeness (QED) is 0.482. The Balaban J connectivity index is -0.000000309. The summed E-state index contributed by atoms with van der Waals surface area (Å²) in [6, 6.07) is 0. The Morgan fingerprint density at radius 1 is 1.08 bits per heavy atom. The second-order valence-electron chi connectivity index (χ2n) is 2.76. The molecule has 0 spiro atoms. The van der Waals surface area contributed by atoms with Crippen molar-refractivity contribution in [2.45, 2.75) is 34.1 Å². The largest absolute Gasteiger partial charge is 2.00 e. The normalized spacial score (nSPS) is 11.3. The van der Waals surface area contributed by atoms with Crippen LogP contribution in [0, 0.1) is 19.8 Å². The summed E-state index contributed by atoms with van der Waals surface area (Å²) in [5, 5.41) is 0. The summed E-state index contributed by atoms with van der Waals surface area (Å²) in [6.07, 6.45) is 1.19. The smallest absolute Gasteiger partial charge is 0.346 e. The molecule has 0 fully saturated rings. The molecule has 0 aliphatic rings. The van der Waals surface area contributed by atoms with Crippen LogP contribution in [0.4, 0.5) is 0 Å². The molecule has 0 aromatic carbocycles. The number of hydrogen-bond donors (Lipinski definition) is 0. The molecular formula is C11H25MgN. The van der Waals surface area contributed by atoms with Crippen LogP contribution in [0.2, 0.25) is 0 Å². The predicted octanol–water partition coefficient (Wildman–Crippen LogP) is 2.65. The predicted molar refractivity (Wildman–Crippen MR) is 63.7 cm³/mol. The van der Waals surface area contributed by atoms with E-state index in [4.69, 9.17) is 0 Å². The molecule has 2 heteroatoms. The van der Waals surface area contributed by atoms with E-state index in [9.17, 15) is 0 Å². The van der Waals surface area contributed by atoms with Gasteiger partial charge in [-0.05, 0) is 19.6 Å². The fourth-order valence-electron chi connectivity index (χ4n) is 0.976. The molecule has 0 saturated heterocycles. The van der Waals surface area contributed by atoms with Gasteiger partial charge in [-0.15, -0.1) is 0 Å². The van der Waals surface area contributed by atoms with Crippen LogP contribution in [-0.2, 0) is 0 Å². The van der Waals surface area contributed by atoms with Crippen LogP contribution < -0.4 is 0 Å². The minimum absolute atomic E-state index is 0. The van der Waals surface area contributed by atoms with E-state index < -0.39 is 0 Å². The molecule has 1 nitrogen and oxygen atoms in total. The van der Waals surface area contributed by atoms with Gasteiger partial charge in [0.15, 0.2) is 0 Å². The third-order valence-electron chi connectivity index (χ3n) is 1.99. The van der Waals surface area contributed by atoms with Gasteiger partial charge in [-0.2, -0.15) is 12.8 Å². The van der Waals surface area contributed by atoms with Crippen LogP contribution in [0.25, 0.3) is 0 Å². The summed E-state index contributed by atoms with van der Waals surface area (Å²) in [5.41, 5.74) is 0. The molecule has 0 aliphatic heterocycles. The van der Waals surface area contributed by atoms with Gasteiger partial charge >= 0.3 is 23.1 Å². The maximum atomic E-state index is 4.05. The number of hydrogen-bond acceptors (Lipinski definition) is 1. The summed E-state index contributed by atoms with van der Waals surface area (Å²) in [4.78, 5) is 2.42. The van der Waals surface area contributed by atoms with E-state index in [0.717, 1.165) is 19.6 Å². The maximum absolute atomic E-state index is 4.05. The standard InChI is InChI=1S/C9H20N.C2H5.Mg/c1-5-9(4)8-10(6-2)7-3;1-2;/h9H,4-8H2,1-3H3;1H2,2H3;/q2*-1;+2. The zero-order valence-electron chi connectivity index (χ0n) is 9.97. The molecule has 1 atom stereocenters. The van der Waals surface area contributed by atoms with Gasteiger partial charge in [-0.1, -0.05) is 27.2 Å². The zero-order valence-corrected chi connectivity index (χ0v) is 11.4. The monoisotopic (exact) mass is 195 g/mol. The summed E-state index contributed by atoms with van der Waals surface area (Å²) in [7, 11) is 0. The van der Waals surface area contributed by atoms with Gasteiger partial charge in [-0.3, -0.25) is 0 Å². The van der Waals surface area contributed by atoms with Gasteiger partial charge in [0.25, 0.3) is 0 Å².